The summed E-state index contributed by atoms with van der Waals surface area (Å²) in [4.78, 5) is 40.0. The van der Waals surface area contributed by atoms with Crippen molar-refractivity contribution in [2.45, 2.75) is 38.1 Å². The van der Waals surface area contributed by atoms with E-state index in [1.54, 1.807) is 30.0 Å². The third kappa shape index (κ3) is 5.55. The van der Waals surface area contributed by atoms with Crippen LogP contribution in [0.3, 0.4) is 0 Å². The lowest BCUT2D eigenvalue weighted by Crippen LogP contribution is -2.49. The van der Waals surface area contributed by atoms with Crippen molar-refractivity contribution in [3.63, 3.8) is 0 Å². The van der Waals surface area contributed by atoms with Crippen LogP contribution >= 0.6 is 0 Å². The Morgan fingerprint density at radius 2 is 1.83 bits per heavy atom. The number of amides is 3. The molecule has 0 atom stereocenters. The summed E-state index contributed by atoms with van der Waals surface area (Å²) < 4.78 is 50.6. The van der Waals surface area contributed by atoms with Crippen molar-refractivity contribution < 1.29 is 37.0 Å². The lowest BCUT2D eigenvalue weighted by molar-refractivity contribution is -0.138. The van der Waals surface area contributed by atoms with E-state index in [9.17, 15) is 27.6 Å². The fourth-order valence-electron chi connectivity index (χ4n) is 4.47. The molecule has 36 heavy (non-hydrogen) atoms. The van der Waals surface area contributed by atoms with E-state index in [0.29, 0.717) is 37.2 Å². The van der Waals surface area contributed by atoms with Crippen molar-refractivity contribution in [3.8, 4) is 0 Å². The molecular weight excluding hydrogens is 479 g/mol. The number of ether oxygens (including phenoxy) is 2. The number of piperidine rings is 1. The maximum Gasteiger partial charge on any atom is 0.416 e. The van der Waals surface area contributed by atoms with Gasteiger partial charge in [0.1, 0.15) is 5.60 Å². The number of nitrogens with zero attached hydrogens (tertiary/aromatic N) is 2. The fourth-order valence-corrected chi connectivity index (χ4v) is 4.47. The minimum absolute atomic E-state index is 0.000799. The number of halogens is 3. The van der Waals surface area contributed by atoms with Crippen LogP contribution in [0.25, 0.3) is 0 Å². The molecule has 2 aromatic carbocycles. The Morgan fingerprint density at radius 3 is 2.53 bits per heavy atom. The number of carbonyl (C=O) groups excluding carboxylic acids is 3. The van der Waals surface area contributed by atoms with E-state index < -0.39 is 29.4 Å². The van der Waals surface area contributed by atoms with Crippen molar-refractivity contribution in [2.24, 2.45) is 0 Å². The normalized spacial score (nSPS) is 17.2. The molecule has 0 radical (unpaired) electrons. The van der Waals surface area contributed by atoms with E-state index in [-0.39, 0.29) is 31.3 Å². The molecule has 2 aromatic rings. The van der Waals surface area contributed by atoms with Crippen molar-refractivity contribution in [1.82, 2.24) is 9.80 Å². The lowest BCUT2D eigenvalue weighted by Gasteiger charge is -2.37. The maximum absolute atomic E-state index is 13.3. The summed E-state index contributed by atoms with van der Waals surface area (Å²) in [5.41, 5.74) is -0.881. The predicted octanol–water partition coefficient (Wildman–Crippen LogP) is 4.90. The lowest BCUT2D eigenvalue weighted by atomic mass is 9.91. The number of carbonyl (C=O) groups is 3. The molecule has 1 spiro atoms. The van der Waals surface area contributed by atoms with Gasteiger partial charge < -0.3 is 19.7 Å². The summed E-state index contributed by atoms with van der Waals surface area (Å²) in [7, 11) is 0. The van der Waals surface area contributed by atoms with Gasteiger partial charge in [-0.3, -0.25) is 4.90 Å². The Kier molecular flexibility index (Phi) is 7.09. The minimum Gasteiger partial charge on any atom is -0.462 e. The van der Waals surface area contributed by atoms with Crippen LogP contribution in [0.4, 0.5) is 28.4 Å². The van der Waals surface area contributed by atoms with Crippen LogP contribution in [0, 0.1) is 0 Å². The maximum atomic E-state index is 13.3. The van der Waals surface area contributed by atoms with Gasteiger partial charge in [-0.05, 0) is 36.8 Å². The predicted molar refractivity (Wildman–Crippen MR) is 123 cm³/mol. The van der Waals surface area contributed by atoms with Gasteiger partial charge in [0.25, 0.3) is 0 Å². The SMILES string of the molecule is CCOC(=O)c1cccc(NC(=O)N2CCC3(CC2)CN(Cc2ccccc2C(F)(F)F)C(=O)O3)c1. The number of likely N-dealkylation sites (tertiary alicyclic amines) is 1. The molecule has 1 N–H and O–H groups in total. The number of rotatable bonds is 5. The van der Waals surface area contributed by atoms with Gasteiger partial charge >= 0.3 is 24.3 Å². The monoisotopic (exact) mass is 505 g/mol. The molecule has 0 aliphatic carbocycles. The molecule has 192 valence electrons. The second-order valence-electron chi connectivity index (χ2n) is 8.78. The number of hydrogen-bond donors (Lipinski definition) is 1. The zero-order valence-corrected chi connectivity index (χ0v) is 19.6. The third-order valence-electron chi connectivity index (χ3n) is 6.31. The highest BCUT2D eigenvalue weighted by Gasteiger charge is 2.48. The molecule has 2 fully saturated rings. The minimum atomic E-state index is -4.52. The summed E-state index contributed by atoms with van der Waals surface area (Å²) in [6.07, 6.45) is -4.48. The molecule has 0 aromatic heterocycles. The molecule has 2 aliphatic rings. The number of hydrogen-bond acceptors (Lipinski definition) is 5. The Balaban J connectivity index is 1.35. The van der Waals surface area contributed by atoms with Gasteiger partial charge in [-0.25, -0.2) is 14.4 Å². The first-order valence-electron chi connectivity index (χ1n) is 11.6. The first kappa shape index (κ1) is 25.3. The Hall–Kier alpha value is -3.76. The molecule has 8 nitrogen and oxygen atoms in total. The van der Waals surface area contributed by atoms with Crippen molar-refractivity contribution >= 4 is 23.8 Å². The highest BCUT2D eigenvalue weighted by atomic mass is 19.4. The van der Waals surface area contributed by atoms with E-state index >= 15 is 0 Å². The second kappa shape index (κ2) is 10.1. The molecule has 2 saturated heterocycles. The average Bonchev–Trinajstić information content (AvgIpc) is 3.13. The summed E-state index contributed by atoms with van der Waals surface area (Å²) >= 11 is 0. The molecule has 0 unspecified atom stereocenters. The van der Waals surface area contributed by atoms with E-state index in [1.807, 2.05) is 0 Å². The first-order valence-corrected chi connectivity index (χ1v) is 11.6. The number of alkyl halides is 3. The Labute approximate surface area is 205 Å². The number of urea groups is 1. The highest BCUT2D eigenvalue weighted by Crippen LogP contribution is 2.36. The molecule has 3 amide bonds. The van der Waals surface area contributed by atoms with Gasteiger partial charge in [0.05, 0.1) is 24.3 Å². The zero-order valence-electron chi connectivity index (χ0n) is 19.6. The van der Waals surface area contributed by atoms with Gasteiger partial charge in [0.15, 0.2) is 0 Å². The average molecular weight is 505 g/mol. The number of benzene rings is 2. The van der Waals surface area contributed by atoms with Gasteiger partial charge in [-0.15, -0.1) is 0 Å². The van der Waals surface area contributed by atoms with E-state index in [2.05, 4.69) is 5.32 Å². The summed E-state index contributed by atoms with van der Waals surface area (Å²) in [6, 6.07) is 11.2. The molecular formula is C25H26F3N3O5. The van der Waals surface area contributed by atoms with Crippen molar-refractivity contribution in [1.29, 1.82) is 0 Å². The fraction of sp³-hybridized carbons (Fsp3) is 0.400. The van der Waals surface area contributed by atoms with E-state index in [1.165, 1.54) is 29.2 Å². The topological polar surface area (TPSA) is 88.2 Å². The van der Waals surface area contributed by atoms with E-state index in [0.717, 1.165) is 6.07 Å². The van der Waals surface area contributed by atoms with Crippen LogP contribution < -0.4 is 5.32 Å². The van der Waals surface area contributed by atoms with Crippen LogP contribution in [0.1, 0.15) is 41.3 Å². The van der Waals surface area contributed by atoms with Gasteiger partial charge in [0, 0.05) is 38.2 Å². The van der Waals surface area contributed by atoms with Gasteiger partial charge in [-0.1, -0.05) is 24.3 Å². The molecule has 4 rings (SSSR count). The van der Waals surface area contributed by atoms with Gasteiger partial charge in [0.2, 0.25) is 0 Å². The Bertz CT molecular complexity index is 1150. The first-order chi connectivity index (χ1) is 17.1. The van der Waals surface area contributed by atoms with Crippen molar-refractivity contribution in [2.75, 3.05) is 31.6 Å². The van der Waals surface area contributed by atoms with Crippen molar-refractivity contribution in [3.05, 3.63) is 65.2 Å². The van der Waals surface area contributed by atoms with Crippen LogP contribution in [-0.4, -0.2) is 59.7 Å². The van der Waals surface area contributed by atoms with Crippen LogP contribution in [0.2, 0.25) is 0 Å². The number of anilines is 1. The molecule has 2 aliphatic heterocycles. The van der Waals surface area contributed by atoms with Crippen LogP contribution in [-0.2, 0) is 22.2 Å². The largest absolute Gasteiger partial charge is 0.462 e. The summed E-state index contributed by atoms with van der Waals surface area (Å²) in [6.45, 7) is 2.47. The molecule has 0 saturated carbocycles. The highest BCUT2D eigenvalue weighted by molar-refractivity contribution is 5.94. The number of esters is 1. The molecule has 11 heteroatoms. The zero-order chi connectivity index (χ0) is 25.9. The quantitative estimate of drug-likeness (QED) is 0.584. The second-order valence-corrected chi connectivity index (χ2v) is 8.78. The van der Waals surface area contributed by atoms with E-state index in [4.69, 9.17) is 9.47 Å². The summed E-state index contributed by atoms with van der Waals surface area (Å²) in [5, 5.41) is 2.75. The smallest absolute Gasteiger partial charge is 0.416 e. The Morgan fingerprint density at radius 1 is 1.11 bits per heavy atom. The standard InChI is InChI=1S/C25H26F3N3O5/c1-2-35-21(32)17-7-5-8-19(14-17)29-22(33)30-12-10-24(11-13-30)16-31(23(34)36-24)15-18-6-3-4-9-20(18)25(26,27)28/h3-9,14H,2,10-13,15-16H2,1H3,(H,29,33). The van der Waals surface area contributed by atoms with Crippen LogP contribution in [0.5, 0.6) is 0 Å². The molecule has 0 bridgehead atoms. The number of nitrogens with one attached hydrogen (secondary N) is 1. The van der Waals surface area contributed by atoms with Gasteiger partial charge in [-0.2, -0.15) is 13.2 Å². The molecule has 2 heterocycles. The third-order valence-corrected chi connectivity index (χ3v) is 6.31. The summed E-state index contributed by atoms with van der Waals surface area (Å²) in [5.74, 6) is -0.487. The van der Waals surface area contributed by atoms with Crippen LogP contribution in [0.15, 0.2) is 48.5 Å².